The number of nitrogens with two attached hydrogens (primary N) is 1. The Hall–Kier alpha value is -2.94. The van der Waals surface area contributed by atoms with Gasteiger partial charge in [0.15, 0.2) is 0 Å². The van der Waals surface area contributed by atoms with E-state index >= 15 is 0 Å². The second-order valence-electron chi connectivity index (χ2n) is 7.25. The minimum Gasteiger partial charge on any atom is -0.469 e. The van der Waals surface area contributed by atoms with Crippen LogP contribution < -0.4 is 21.1 Å². The number of hydrogen-bond donors (Lipinski definition) is 3. The van der Waals surface area contributed by atoms with Crippen LogP contribution in [0.1, 0.15) is 49.4 Å². The third kappa shape index (κ3) is 6.55. The van der Waals surface area contributed by atoms with Gasteiger partial charge in [-0.05, 0) is 50.4 Å². The molecular weight excluding hydrogens is 390 g/mol. The number of rotatable bonds is 9. The molecule has 0 spiro atoms. The summed E-state index contributed by atoms with van der Waals surface area (Å²) in [5.74, 6) is -1.83. The average Bonchev–Trinajstić information content (AvgIpc) is 3.18. The summed E-state index contributed by atoms with van der Waals surface area (Å²) in [5, 5.41) is 5.60. The molecule has 4 N–H and O–H groups in total. The molecule has 0 aromatic heterocycles. The van der Waals surface area contributed by atoms with Crippen molar-refractivity contribution in [3.63, 3.8) is 0 Å². The molecule has 1 fully saturated rings. The number of methoxy groups -OCH3 is 1. The lowest BCUT2D eigenvalue weighted by Gasteiger charge is -2.24. The van der Waals surface area contributed by atoms with Gasteiger partial charge in [0.2, 0.25) is 5.91 Å². The topological polar surface area (TPSA) is 137 Å². The van der Waals surface area contributed by atoms with Crippen LogP contribution >= 0.6 is 0 Å². The third-order valence-electron chi connectivity index (χ3n) is 5.02. The first-order chi connectivity index (χ1) is 14.3. The highest BCUT2D eigenvalue weighted by Gasteiger charge is 2.36. The minimum absolute atomic E-state index is 0.241. The predicted molar refractivity (Wildman–Crippen MR) is 109 cm³/mol. The standard InChI is InChI=1S/C21H29N3O6/c1-13(25)30-15-7-3-6-14(12-15)19(26)24-18(10-5-11-22)20(27)23-17-9-4-8-16(17)21(28)29-2/h3,6-7,12,16-18H,4-5,8-11,22H2,1-2H3,(H,23,27)(H,24,26)/t16-,17+,18+/m1/s1. The van der Waals surface area contributed by atoms with Gasteiger partial charge in [-0.2, -0.15) is 0 Å². The zero-order chi connectivity index (χ0) is 22.1. The lowest BCUT2D eigenvalue weighted by Crippen LogP contribution is -2.51. The maximum Gasteiger partial charge on any atom is 0.310 e. The third-order valence-corrected chi connectivity index (χ3v) is 5.02. The normalized spacial score (nSPS) is 18.9. The van der Waals surface area contributed by atoms with Crippen LogP contribution in [0.5, 0.6) is 5.75 Å². The molecule has 1 aromatic rings. The Morgan fingerprint density at radius 2 is 2.00 bits per heavy atom. The van der Waals surface area contributed by atoms with Gasteiger partial charge >= 0.3 is 11.9 Å². The van der Waals surface area contributed by atoms with Gasteiger partial charge in [-0.1, -0.05) is 12.5 Å². The van der Waals surface area contributed by atoms with Gasteiger partial charge in [-0.15, -0.1) is 0 Å². The maximum atomic E-state index is 12.9. The molecular formula is C21H29N3O6. The fourth-order valence-electron chi connectivity index (χ4n) is 3.55. The summed E-state index contributed by atoms with van der Waals surface area (Å²) in [6, 6.07) is 5.00. The average molecular weight is 419 g/mol. The quantitative estimate of drug-likeness (QED) is 0.400. The molecule has 30 heavy (non-hydrogen) atoms. The van der Waals surface area contributed by atoms with Crippen LogP contribution in [-0.4, -0.2) is 49.5 Å². The smallest absolute Gasteiger partial charge is 0.310 e. The first-order valence-corrected chi connectivity index (χ1v) is 10.0. The minimum atomic E-state index is -0.808. The van der Waals surface area contributed by atoms with Crippen LogP contribution in [0.4, 0.5) is 0 Å². The summed E-state index contributed by atoms with van der Waals surface area (Å²) in [6.45, 7) is 1.64. The molecule has 3 atom stereocenters. The Morgan fingerprint density at radius 1 is 1.23 bits per heavy atom. The van der Waals surface area contributed by atoms with Gasteiger partial charge in [0.05, 0.1) is 13.0 Å². The molecule has 1 saturated carbocycles. The fraction of sp³-hybridized carbons (Fsp3) is 0.524. The molecule has 1 aromatic carbocycles. The molecule has 9 heteroatoms. The number of carbonyl (C=O) groups is 4. The largest absolute Gasteiger partial charge is 0.469 e. The van der Waals surface area contributed by atoms with E-state index in [-0.39, 0.29) is 35.1 Å². The molecule has 9 nitrogen and oxygen atoms in total. The number of nitrogens with one attached hydrogen (secondary N) is 2. The fourth-order valence-corrected chi connectivity index (χ4v) is 3.55. The van der Waals surface area contributed by atoms with Gasteiger partial charge in [-0.3, -0.25) is 19.2 Å². The van der Waals surface area contributed by atoms with Crippen LogP contribution in [0.2, 0.25) is 0 Å². The second kappa shape index (κ2) is 11.3. The Labute approximate surface area is 175 Å². The Morgan fingerprint density at radius 3 is 2.67 bits per heavy atom. The van der Waals surface area contributed by atoms with Crippen LogP contribution in [0.3, 0.4) is 0 Å². The molecule has 1 aliphatic carbocycles. The van der Waals surface area contributed by atoms with Gasteiger partial charge < -0.3 is 25.8 Å². The lowest BCUT2D eigenvalue weighted by atomic mass is 10.0. The number of carbonyl (C=O) groups excluding carboxylic acids is 4. The van der Waals surface area contributed by atoms with Crippen molar-refractivity contribution in [3.05, 3.63) is 29.8 Å². The Bertz CT molecular complexity index is 782. The van der Waals surface area contributed by atoms with Gasteiger partial charge in [0.25, 0.3) is 5.91 Å². The summed E-state index contributed by atoms with van der Waals surface area (Å²) < 4.78 is 9.82. The van der Waals surface area contributed by atoms with E-state index in [1.54, 1.807) is 18.2 Å². The second-order valence-corrected chi connectivity index (χ2v) is 7.25. The van der Waals surface area contributed by atoms with E-state index in [1.807, 2.05) is 0 Å². The van der Waals surface area contributed by atoms with E-state index < -0.39 is 17.9 Å². The van der Waals surface area contributed by atoms with Crippen molar-refractivity contribution in [3.8, 4) is 5.75 Å². The molecule has 2 rings (SSSR count). The number of hydrogen-bond acceptors (Lipinski definition) is 7. The molecule has 0 unspecified atom stereocenters. The first-order valence-electron chi connectivity index (χ1n) is 10.0. The van der Waals surface area contributed by atoms with Crippen LogP contribution in [-0.2, 0) is 19.1 Å². The maximum absolute atomic E-state index is 12.9. The number of benzene rings is 1. The highest BCUT2D eigenvalue weighted by molar-refractivity contribution is 5.98. The van der Waals surface area contributed by atoms with Gasteiger partial charge in [0.1, 0.15) is 11.8 Å². The monoisotopic (exact) mass is 419 g/mol. The van der Waals surface area contributed by atoms with E-state index in [1.165, 1.54) is 20.1 Å². The number of esters is 2. The van der Waals surface area contributed by atoms with Gasteiger partial charge in [0, 0.05) is 18.5 Å². The molecule has 0 saturated heterocycles. The van der Waals surface area contributed by atoms with Crippen molar-refractivity contribution in [2.24, 2.45) is 11.7 Å². The van der Waals surface area contributed by atoms with E-state index in [9.17, 15) is 19.2 Å². The predicted octanol–water partition coefficient (Wildman–Crippen LogP) is 0.907. The number of ether oxygens (including phenoxy) is 2. The highest BCUT2D eigenvalue weighted by atomic mass is 16.5. The summed E-state index contributed by atoms with van der Waals surface area (Å²) >= 11 is 0. The molecule has 1 aliphatic rings. The van der Waals surface area contributed by atoms with Crippen LogP contribution in [0, 0.1) is 5.92 Å². The van der Waals surface area contributed by atoms with Crippen LogP contribution in [0.15, 0.2) is 24.3 Å². The Kier molecular flexibility index (Phi) is 8.79. The summed E-state index contributed by atoms with van der Waals surface area (Å²) in [5.41, 5.74) is 5.83. The SMILES string of the molecule is COC(=O)[C@@H]1CCC[C@@H]1NC(=O)[C@H](CCCN)NC(=O)c1cccc(OC(C)=O)c1. The molecule has 0 aliphatic heterocycles. The lowest BCUT2D eigenvalue weighted by molar-refractivity contribution is -0.146. The van der Waals surface area contributed by atoms with Crippen molar-refractivity contribution in [2.75, 3.05) is 13.7 Å². The van der Waals surface area contributed by atoms with E-state index in [0.29, 0.717) is 32.2 Å². The van der Waals surface area contributed by atoms with Crippen molar-refractivity contribution in [1.82, 2.24) is 10.6 Å². The molecule has 164 valence electrons. The highest BCUT2D eigenvalue weighted by Crippen LogP contribution is 2.27. The van der Waals surface area contributed by atoms with E-state index in [2.05, 4.69) is 10.6 Å². The number of amides is 2. The van der Waals surface area contributed by atoms with Gasteiger partial charge in [-0.25, -0.2) is 0 Å². The molecule has 0 heterocycles. The van der Waals surface area contributed by atoms with Crippen molar-refractivity contribution in [1.29, 1.82) is 0 Å². The first kappa shape index (κ1) is 23.3. The molecule has 0 bridgehead atoms. The van der Waals surface area contributed by atoms with E-state index in [0.717, 1.165) is 6.42 Å². The molecule has 0 radical (unpaired) electrons. The molecule has 2 amide bonds. The van der Waals surface area contributed by atoms with Crippen LogP contribution in [0.25, 0.3) is 0 Å². The summed E-state index contributed by atoms with van der Waals surface area (Å²) in [4.78, 5) is 48.6. The van der Waals surface area contributed by atoms with Crippen molar-refractivity contribution >= 4 is 23.8 Å². The van der Waals surface area contributed by atoms with Crippen molar-refractivity contribution < 1.29 is 28.7 Å². The summed E-state index contributed by atoms with van der Waals surface area (Å²) in [6.07, 6.45) is 3.03. The zero-order valence-corrected chi connectivity index (χ0v) is 17.3. The van der Waals surface area contributed by atoms with Crippen molar-refractivity contribution in [2.45, 2.75) is 51.1 Å². The summed E-state index contributed by atoms with van der Waals surface area (Å²) in [7, 11) is 1.33. The van der Waals surface area contributed by atoms with E-state index in [4.69, 9.17) is 15.2 Å². The zero-order valence-electron chi connectivity index (χ0n) is 17.3. The Balaban J connectivity index is 2.07.